The first-order valence-corrected chi connectivity index (χ1v) is 5.45. The summed E-state index contributed by atoms with van der Waals surface area (Å²) in [5.74, 6) is -1.99. The van der Waals surface area contributed by atoms with Crippen molar-refractivity contribution in [1.82, 2.24) is 0 Å². The van der Waals surface area contributed by atoms with Crippen molar-refractivity contribution in [1.29, 1.82) is 0 Å². The number of rotatable bonds is 5. The van der Waals surface area contributed by atoms with Crippen molar-refractivity contribution in [2.75, 3.05) is 7.11 Å². The zero-order chi connectivity index (χ0) is 13.1. The van der Waals surface area contributed by atoms with Crippen molar-refractivity contribution in [2.45, 2.75) is 32.3 Å². The van der Waals surface area contributed by atoms with Crippen LogP contribution in [0, 0.1) is 11.6 Å². The molecule has 0 aliphatic heterocycles. The van der Waals surface area contributed by atoms with Crippen molar-refractivity contribution in [2.24, 2.45) is 0 Å². The molecule has 1 unspecified atom stereocenters. The van der Waals surface area contributed by atoms with Crippen molar-refractivity contribution in [3.8, 4) is 0 Å². The fourth-order valence-corrected chi connectivity index (χ4v) is 1.48. The summed E-state index contributed by atoms with van der Waals surface area (Å²) in [6.07, 6.45) is 0.571. The second-order valence-electron chi connectivity index (χ2n) is 4.14. The van der Waals surface area contributed by atoms with E-state index in [9.17, 15) is 13.6 Å². The van der Waals surface area contributed by atoms with Gasteiger partial charge in [0.1, 0.15) is 5.60 Å². The Morgan fingerprint density at radius 3 is 2.47 bits per heavy atom. The number of carbonyl (C=O) groups is 1. The molecule has 0 saturated carbocycles. The van der Waals surface area contributed by atoms with E-state index in [0.717, 1.165) is 12.1 Å². The van der Waals surface area contributed by atoms with E-state index in [0.29, 0.717) is 12.0 Å². The molecule has 17 heavy (non-hydrogen) atoms. The van der Waals surface area contributed by atoms with Crippen LogP contribution < -0.4 is 0 Å². The van der Waals surface area contributed by atoms with Gasteiger partial charge in [-0.05, 0) is 31.0 Å². The summed E-state index contributed by atoms with van der Waals surface area (Å²) in [5.41, 5.74) is -0.421. The molecule has 0 fully saturated rings. The van der Waals surface area contributed by atoms with Crippen molar-refractivity contribution < 1.29 is 18.3 Å². The van der Waals surface area contributed by atoms with E-state index in [2.05, 4.69) is 0 Å². The molecule has 4 heteroatoms. The van der Waals surface area contributed by atoms with Gasteiger partial charge in [0.15, 0.2) is 17.4 Å². The summed E-state index contributed by atoms with van der Waals surface area (Å²) < 4.78 is 30.8. The number of ketones is 1. The fourth-order valence-electron chi connectivity index (χ4n) is 1.48. The van der Waals surface area contributed by atoms with Gasteiger partial charge in [0.2, 0.25) is 0 Å². The van der Waals surface area contributed by atoms with E-state index in [4.69, 9.17) is 4.74 Å². The van der Waals surface area contributed by atoms with Crippen LogP contribution in [0.4, 0.5) is 8.78 Å². The third-order valence-electron chi connectivity index (χ3n) is 3.06. The van der Waals surface area contributed by atoms with Crippen LogP contribution in [0.5, 0.6) is 0 Å². The van der Waals surface area contributed by atoms with Crippen LogP contribution in [0.15, 0.2) is 18.2 Å². The van der Waals surface area contributed by atoms with Gasteiger partial charge in [-0.15, -0.1) is 0 Å². The van der Waals surface area contributed by atoms with E-state index in [1.807, 2.05) is 6.92 Å². The van der Waals surface area contributed by atoms with Gasteiger partial charge in [-0.1, -0.05) is 13.0 Å². The number of Topliss-reactive ketones (excluding diaryl/α,β-unsaturated/α-hetero) is 1. The first-order chi connectivity index (χ1) is 7.92. The highest BCUT2D eigenvalue weighted by Crippen LogP contribution is 2.19. The molecule has 2 nitrogen and oxygen atoms in total. The van der Waals surface area contributed by atoms with Gasteiger partial charge in [0.05, 0.1) is 0 Å². The molecular formula is C13H16F2O2. The van der Waals surface area contributed by atoms with Crippen LogP contribution in [-0.4, -0.2) is 18.5 Å². The Balaban J connectivity index is 2.84. The Hall–Kier alpha value is -1.29. The molecule has 0 amide bonds. The fraction of sp³-hybridized carbons (Fsp3) is 0.462. The lowest BCUT2D eigenvalue weighted by Gasteiger charge is -2.24. The lowest BCUT2D eigenvalue weighted by atomic mass is 9.92. The van der Waals surface area contributed by atoms with Crippen LogP contribution in [-0.2, 0) is 16.0 Å². The van der Waals surface area contributed by atoms with E-state index in [-0.39, 0.29) is 12.2 Å². The first kappa shape index (κ1) is 13.8. The maximum absolute atomic E-state index is 13.0. The van der Waals surface area contributed by atoms with Crippen LogP contribution in [0.1, 0.15) is 25.8 Å². The lowest BCUT2D eigenvalue weighted by molar-refractivity contribution is -0.138. The molecule has 0 aliphatic carbocycles. The maximum Gasteiger partial charge on any atom is 0.168 e. The van der Waals surface area contributed by atoms with Crippen LogP contribution >= 0.6 is 0 Å². The van der Waals surface area contributed by atoms with Gasteiger partial charge in [0.25, 0.3) is 0 Å². The average molecular weight is 242 g/mol. The standard InChI is InChI=1S/C13H16F2O2/c1-4-13(2,17-3)12(16)8-9-5-6-10(14)11(15)7-9/h5-7H,4,8H2,1-3H3. The molecule has 1 aromatic rings. The average Bonchev–Trinajstić information content (AvgIpc) is 2.32. The van der Waals surface area contributed by atoms with Gasteiger partial charge >= 0.3 is 0 Å². The van der Waals surface area contributed by atoms with Gasteiger partial charge in [-0.2, -0.15) is 0 Å². The molecular weight excluding hydrogens is 226 g/mol. The van der Waals surface area contributed by atoms with Crippen molar-refractivity contribution in [3.05, 3.63) is 35.4 Å². The number of hydrogen-bond donors (Lipinski definition) is 0. The molecule has 0 N–H and O–H groups in total. The number of hydrogen-bond acceptors (Lipinski definition) is 2. The zero-order valence-corrected chi connectivity index (χ0v) is 10.2. The quantitative estimate of drug-likeness (QED) is 0.793. The smallest absolute Gasteiger partial charge is 0.168 e. The Kier molecular flexibility index (Phi) is 4.34. The monoisotopic (exact) mass is 242 g/mol. The van der Waals surface area contributed by atoms with Gasteiger partial charge in [-0.3, -0.25) is 4.79 Å². The summed E-state index contributed by atoms with van der Waals surface area (Å²) in [4.78, 5) is 12.0. The van der Waals surface area contributed by atoms with Crippen LogP contribution in [0.3, 0.4) is 0 Å². The Labute approximate surface area is 99.6 Å². The Morgan fingerprint density at radius 2 is 2.00 bits per heavy atom. The first-order valence-electron chi connectivity index (χ1n) is 5.45. The highest BCUT2D eigenvalue weighted by molar-refractivity contribution is 5.88. The maximum atomic E-state index is 13.0. The minimum atomic E-state index is -0.939. The normalized spacial score (nSPS) is 14.4. The number of ether oxygens (including phenoxy) is 1. The second kappa shape index (κ2) is 5.36. The van der Waals surface area contributed by atoms with Crippen LogP contribution in [0.25, 0.3) is 0 Å². The number of benzene rings is 1. The molecule has 0 radical (unpaired) electrons. The molecule has 0 heterocycles. The topological polar surface area (TPSA) is 26.3 Å². The predicted molar refractivity (Wildman–Crippen MR) is 60.8 cm³/mol. The molecule has 0 aromatic heterocycles. The van der Waals surface area contributed by atoms with Crippen LogP contribution in [0.2, 0.25) is 0 Å². The highest BCUT2D eigenvalue weighted by Gasteiger charge is 2.30. The summed E-state index contributed by atoms with van der Waals surface area (Å²) in [7, 11) is 1.46. The van der Waals surface area contributed by atoms with E-state index in [1.54, 1.807) is 6.92 Å². The largest absolute Gasteiger partial charge is 0.371 e. The molecule has 0 bridgehead atoms. The summed E-state index contributed by atoms with van der Waals surface area (Å²) in [6.45, 7) is 3.53. The molecule has 0 aliphatic rings. The third kappa shape index (κ3) is 3.09. The zero-order valence-electron chi connectivity index (χ0n) is 10.2. The van der Waals surface area contributed by atoms with E-state index in [1.165, 1.54) is 13.2 Å². The van der Waals surface area contributed by atoms with Crippen molar-refractivity contribution in [3.63, 3.8) is 0 Å². The molecule has 1 rings (SSSR count). The van der Waals surface area contributed by atoms with Gasteiger partial charge in [-0.25, -0.2) is 8.78 Å². The van der Waals surface area contributed by atoms with E-state index < -0.39 is 17.2 Å². The molecule has 0 spiro atoms. The van der Waals surface area contributed by atoms with Gasteiger partial charge in [0, 0.05) is 13.5 Å². The third-order valence-corrected chi connectivity index (χ3v) is 3.06. The number of methoxy groups -OCH3 is 1. The second-order valence-corrected chi connectivity index (χ2v) is 4.14. The molecule has 0 saturated heterocycles. The minimum absolute atomic E-state index is 0.0371. The summed E-state index contributed by atoms with van der Waals surface area (Å²) in [5, 5.41) is 0. The molecule has 1 aromatic carbocycles. The lowest BCUT2D eigenvalue weighted by Crippen LogP contribution is -2.37. The highest BCUT2D eigenvalue weighted by atomic mass is 19.2. The molecule has 94 valence electrons. The van der Waals surface area contributed by atoms with Crippen molar-refractivity contribution >= 4 is 5.78 Å². The predicted octanol–water partition coefficient (Wildman–Crippen LogP) is 2.89. The Bertz CT molecular complexity index is 412. The Morgan fingerprint density at radius 1 is 1.35 bits per heavy atom. The van der Waals surface area contributed by atoms with E-state index >= 15 is 0 Å². The minimum Gasteiger partial charge on any atom is -0.371 e. The molecule has 1 atom stereocenters. The summed E-state index contributed by atoms with van der Waals surface area (Å²) in [6, 6.07) is 3.47. The summed E-state index contributed by atoms with van der Waals surface area (Å²) >= 11 is 0. The number of carbonyl (C=O) groups excluding carboxylic acids is 1. The number of halogens is 2. The SMILES string of the molecule is CCC(C)(OC)C(=O)Cc1ccc(F)c(F)c1. The van der Waals surface area contributed by atoms with Gasteiger partial charge < -0.3 is 4.74 Å².